The zero-order valence-electron chi connectivity index (χ0n) is 23.7. The van der Waals surface area contributed by atoms with Crippen LogP contribution >= 0.6 is 0 Å². The van der Waals surface area contributed by atoms with E-state index in [0.29, 0.717) is 10.5 Å². The van der Waals surface area contributed by atoms with E-state index in [-0.39, 0.29) is 62.4 Å². The molecule has 1 aromatic heterocycles. The molecule has 4 rings (SSSR count). The Hall–Kier alpha value is -4.70. The topological polar surface area (TPSA) is 204 Å². The van der Waals surface area contributed by atoms with Crippen molar-refractivity contribution in [3.63, 3.8) is 0 Å². The lowest BCUT2D eigenvalue weighted by molar-refractivity contribution is -0.153. The summed E-state index contributed by atoms with van der Waals surface area (Å²) < 4.78 is 20.8. The molecule has 2 aliphatic rings. The number of fused-ring (bicyclic) bond motifs is 1. The van der Waals surface area contributed by atoms with Gasteiger partial charge in [-0.25, -0.2) is 14.0 Å². The van der Waals surface area contributed by atoms with Crippen molar-refractivity contribution in [2.24, 2.45) is 0 Å². The molecular formula is C28H30BFN4O10. The molecule has 0 bridgehead atoms. The van der Waals surface area contributed by atoms with Gasteiger partial charge in [-0.05, 0) is 37.5 Å². The van der Waals surface area contributed by atoms with E-state index in [1.165, 1.54) is 17.0 Å². The van der Waals surface area contributed by atoms with Crippen molar-refractivity contribution < 1.29 is 53.0 Å². The molecular weight excluding hydrogens is 582 g/mol. The Morgan fingerprint density at radius 1 is 1.20 bits per heavy atom. The minimum atomic E-state index is -1.81. The third kappa shape index (κ3) is 6.76. The monoisotopic (exact) mass is 612 g/mol. The summed E-state index contributed by atoms with van der Waals surface area (Å²) in [4.78, 5) is 81.4. The number of hydrogen-bond acceptors (Lipinski definition) is 10. The molecule has 4 amide bonds. The Morgan fingerprint density at radius 3 is 2.61 bits per heavy atom. The quantitative estimate of drug-likeness (QED) is 0.158. The Balaban J connectivity index is 1.61. The highest BCUT2D eigenvalue weighted by Gasteiger charge is 2.42. The summed E-state index contributed by atoms with van der Waals surface area (Å²) in [5.74, 6) is -6.81. The molecule has 4 N–H and O–H groups in total. The number of para-hydroxylation sites is 1. The number of benzene rings is 1. The number of carboxylic acids is 1. The molecule has 0 radical (unpaired) electrons. The number of piperazine rings is 1. The molecule has 16 heteroatoms. The number of amides is 4. The number of rotatable bonds is 11. The number of carbonyl (C=O) groups excluding carboxylic acids is 5. The lowest BCUT2D eigenvalue weighted by atomic mass is 9.64. The highest BCUT2D eigenvalue weighted by molar-refractivity contribution is 6.47. The first-order chi connectivity index (χ1) is 21.0. The first-order valence-electron chi connectivity index (χ1n) is 13.9. The molecule has 1 fully saturated rings. The fourth-order valence-electron chi connectivity index (χ4n) is 5.07. The van der Waals surface area contributed by atoms with Gasteiger partial charge in [-0.2, -0.15) is 0 Å². The van der Waals surface area contributed by atoms with Crippen LogP contribution < -0.4 is 9.97 Å². The van der Waals surface area contributed by atoms with Crippen molar-refractivity contribution in [1.82, 2.24) is 20.1 Å². The molecule has 1 unspecified atom stereocenters. The zero-order chi connectivity index (χ0) is 32.1. The molecule has 1 saturated heterocycles. The Morgan fingerprint density at radius 2 is 1.95 bits per heavy atom. The zero-order valence-corrected chi connectivity index (χ0v) is 23.7. The van der Waals surface area contributed by atoms with Crippen LogP contribution in [0.3, 0.4) is 0 Å². The van der Waals surface area contributed by atoms with Crippen molar-refractivity contribution in [2.45, 2.75) is 44.5 Å². The number of imide groups is 1. The number of Topliss-reactive ketones (excluding diaryl/α,β-unsaturated/α-hetero) is 2. The van der Waals surface area contributed by atoms with Gasteiger partial charge in [-0.3, -0.25) is 29.1 Å². The molecule has 2 aliphatic heterocycles. The number of pyridine rings is 1. The molecule has 2 aromatic rings. The van der Waals surface area contributed by atoms with Crippen LogP contribution in [0, 0.1) is 5.82 Å². The summed E-state index contributed by atoms with van der Waals surface area (Å²) in [5, 5.41) is 31.3. The average Bonchev–Trinajstić information content (AvgIpc) is 2.99. The molecule has 14 nitrogen and oxygen atoms in total. The van der Waals surface area contributed by atoms with E-state index in [1.54, 1.807) is 13.0 Å². The van der Waals surface area contributed by atoms with Gasteiger partial charge >= 0.3 is 30.9 Å². The SMILES string of the molecule is CCN1CCN(C(=O)NC(C(=O)C[C@H]2Cc3cccc(C(=O)O)c3OB2O)c2ncc(C(=O)CCCO)cc2F)C(=O)C1=O. The van der Waals surface area contributed by atoms with Gasteiger partial charge < -0.3 is 30.1 Å². The van der Waals surface area contributed by atoms with Gasteiger partial charge in [0.15, 0.2) is 11.6 Å². The van der Waals surface area contributed by atoms with Gasteiger partial charge in [0.2, 0.25) is 0 Å². The second kappa shape index (κ2) is 13.7. The van der Waals surface area contributed by atoms with Crippen molar-refractivity contribution in [3.05, 3.63) is 58.7 Å². The predicted molar refractivity (Wildman–Crippen MR) is 149 cm³/mol. The molecule has 44 heavy (non-hydrogen) atoms. The van der Waals surface area contributed by atoms with E-state index in [1.807, 2.05) is 0 Å². The molecule has 0 spiro atoms. The summed E-state index contributed by atoms with van der Waals surface area (Å²) in [6.45, 7) is 1.51. The van der Waals surface area contributed by atoms with Crippen molar-refractivity contribution >= 4 is 42.5 Å². The molecule has 0 saturated carbocycles. The number of aliphatic hydroxyl groups is 1. The summed E-state index contributed by atoms with van der Waals surface area (Å²) in [5.41, 5.74) is -0.483. The summed E-state index contributed by atoms with van der Waals surface area (Å²) in [6, 6.07) is 2.21. The van der Waals surface area contributed by atoms with Crippen LogP contribution in [0.15, 0.2) is 30.5 Å². The van der Waals surface area contributed by atoms with Gasteiger partial charge in [0.1, 0.15) is 23.3 Å². The van der Waals surface area contributed by atoms with Crippen LogP contribution in [0.25, 0.3) is 0 Å². The normalized spacial score (nSPS) is 17.1. The Kier molecular flexibility index (Phi) is 10.1. The number of ketones is 2. The number of likely N-dealkylation sites (N-methyl/N-ethyl adjacent to an activating group) is 1. The standard InChI is InChI=1S/C28H30BFN4O10/c1-2-33-8-9-34(26(39)25(33)38)28(42)32-23(22-19(30)12-16(14-31-22)20(36)7-4-10-35)21(37)13-17-11-15-5-3-6-18(27(40)41)24(15)44-29(17)43/h3,5-6,12,14,17,23,35,43H,2,4,7-11,13H2,1H3,(H,32,42)(H,40,41)/t17-,23?/m1/s1. The molecule has 232 valence electrons. The fraction of sp³-hybridized carbons (Fsp3) is 0.393. The third-order valence-corrected chi connectivity index (χ3v) is 7.47. The minimum Gasteiger partial charge on any atom is -0.535 e. The average molecular weight is 612 g/mol. The number of aliphatic hydroxyl groups excluding tert-OH is 1. The van der Waals surface area contributed by atoms with Gasteiger partial charge in [0.25, 0.3) is 0 Å². The summed E-state index contributed by atoms with van der Waals surface area (Å²) >= 11 is 0. The maximum Gasteiger partial charge on any atom is 0.526 e. The fourth-order valence-corrected chi connectivity index (χ4v) is 5.07. The van der Waals surface area contributed by atoms with E-state index in [0.717, 1.165) is 12.3 Å². The summed E-state index contributed by atoms with van der Waals surface area (Å²) in [6.07, 6.45) is 0.574. The van der Waals surface area contributed by atoms with Gasteiger partial charge in [0.05, 0.1) is 5.56 Å². The van der Waals surface area contributed by atoms with Crippen LogP contribution in [0.5, 0.6) is 5.75 Å². The van der Waals surface area contributed by atoms with E-state index >= 15 is 4.39 Å². The second-order valence-electron chi connectivity index (χ2n) is 10.3. The number of nitrogens with one attached hydrogen (secondary N) is 1. The lowest BCUT2D eigenvalue weighted by Crippen LogP contribution is -2.58. The first-order valence-corrected chi connectivity index (χ1v) is 13.9. The van der Waals surface area contributed by atoms with E-state index in [2.05, 4.69) is 10.3 Å². The summed E-state index contributed by atoms with van der Waals surface area (Å²) in [7, 11) is -1.63. The maximum atomic E-state index is 15.4. The van der Waals surface area contributed by atoms with Crippen LogP contribution in [-0.2, 0) is 20.8 Å². The van der Waals surface area contributed by atoms with Gasteiger partial charge in [-0.1, -0.05) is 12.1 Å². The number of carboxylic acid groups (broad SMARTS) is 1. The predicted octanol–water partition coefficient (Wildman–Crippen LogP) is 0.760. The molecule has 2 atom stereocenters. The number of nitrogens with zero attached hydrogens (tertiary/aromatic N) is 3. The number of aromatic nitrogens is 1. The minimum absolute atomic E-state index is 0.00417. The third-order valence-electron chi connectivity index (χ3n) is 7.47. The highest BCUT2D eigenvalue weighted by Crippen LogP contribution is 2.37. The van der Waals surface area contributed by atoms with Crippen LogP contribution in [-0.4, -0.2) is 98.8 Å². The van der Waals surface area contributed by atoms with Crippen molar-refractivity contribution in [3.8, 4) is 5.75 Å². The van der Waals surface area contributed by atoms with Crippen molar-refractivity contribution in [1.29, 1.82) is 0 Å². The van der Waals surface area contributed by atoms with Crippen LogP contribution in [0.1, 0.15) is 64.2 Å². The highest BCUT2D eigenvalue weighted by atomic mass is 19.1. The lowest BCUT2D eigenvalue weighted by Gasteiger charge is -2.33. The van der Waals surface area contributed by atoms with Gasteiger partial charge in [0, 0.05) is 56.7 Å². The van der Waals surface area contributed by atoms with E-state index in [9.17, 15) is 38.9 Å². The van der Waals surface area contributed by atoms with Crippen LogP contribution in [0.4, 0.5) is 9.18 Å². The van der Waals surface area contributed by atoms with E-state index < -0.39 is 72.3 Å². The van der Waals surface area contributed by atoms with Crippen molar-refractivity contribution in [2.75, 3.05) is 26.2 Å². The Labute approximate surface area is 250 Å². The first kappa shape index (κ1) is 32.2. The number of urea groups is 1. The number of halogens is 1. The Bertz CT molecular complexity index is 1500. The largest absolute Gasteiger partial charge is 0.535 e. The molecule has 0 aliphatic carbocycles. The molecule has 1 aromatic carbocycles. The molecule has 3 heterocycles. The van der Waals surface area contributed by atoms with Crippen LogP contribution in [0.2, 0.25) is 5.82 Å². The number of carbonyl (C=O) groups is 6. The number of hydrogen-bond donors (Lipinski definition) is 4. The number of aromatic carboxylic acids is 1. The second-order valence-corrected chi connectivity index (χ2v) is 10.3. The van der Waals surface area contributed by atoms with Gasteiger partial charge in [-0.15, -0.1) is 0 Å². The van der Waals surface area contributed by atoms with E-state index in [4.69, 9.17) is 9.76 Å². The maximum absolute atomic E-state index is 15.4. The smallest absolute Gasteiger partial charge is 0.526 e.